The molecule has 0 saturated carbocycles. The molecule has 0 unspecified atom stereocenters. The molecule has 7 heteroatoms. The van der Waals surface area contributed by atoms with Gasteiger partial charge in [0.2, 0.25) is 0 Å². The van der Waals surface area contributed by atoms with Crippen LogP contribution in [0.2, 0.25) is 0 Å². The molecule has 4 rings (SSSR count). The zero-order valence-corrected chi connectivity index (χ0v) is 17.9. The van der Waals surface area contributed by atoms with Crippen LogP contribution in [0.4, 0.5) is 0 Å². The summed E-state index contributed by atoms with van der Waals surface area (Å²) in [6.45, 7) is 0.688. The smallest absolute Gasteiger partial charge is 0.326 e. The summed E-state index contributed by atoms with van der Waals surface area (Å²) in [6.07, 6.45) is 3.97. The topological polar surface area (TPSA) is 84.2 Å². The predicted molar refractivity (Wildman–Crippen MR) is 125 cm³/mol. The van der Waals surface area contributed by atoms with Crippen LogP contribution in [0.3, 0.4) is 0 Å². The van der Waals surface area contributed by atoms with Crippen LogP contribution in [0.25, 0.3) is 21.8 Å². The van der Waals surface area contributed by atoms with Crippen LogP contribution in [0, 0.1) is 0 Å². The molecule has 31 heavy (non-hydrogen) atoms. The van der Waals surface area contributed by atoms with E-state index in [1.807, 2.05) is 42.7 Å². The largest absolute Gasteiger partial charge is 0.480 e. The molecule has 6 nitrogen and oxygen atoms in total. The van der Waals surface area contributed by atoms with E-state index in [0.29, 0.717) is 18.7 Å². The minimum atomic E-state index is -1.04. The minimum absolute atomic E-state index is 0.213. The molecule has 2 heterocycles. The van der Waals surface area contributed by atoms with E-state index in [-0.39, 0.29) is 5.69 Å². The van der Waals surface area contributed by atoms with Crippen molar-refractivity contribution in [3.05, 3.63) is 78.1 Å². The van der Waals surface area contributed by atoms with E-state index >= 15 is 0 Å². The van der Waals surface area contributed by atoms with Crippen molar-refractivity contribution in [1.82, 2.24) is 14.9 Å². The van der Waals surface area contributed by atoms with Crippen molar-refractivity contribution in [1.29, 1.82) is 0 Å². The van der Waals surface area contributed by atoms with E-state index in [4.69, 9.17) is 0 Å². The average molecular weight is 434 g/mol. The van der Waals surface area contributed by atoms with Gasteiger partial charge in [0, 0.05) is 22.8 Å². The van der Waals surface area contributed by atoms with Gasteiger partial charge in [-0.05, 0) is 36.1 Å². The first-order valence-electron chi connectivity index (χ1n) is 10.0. The molecule has 2 aromatic heterocycles. The summed E-state index contributed by atoms with van der Waals surface area (Å²) in [6, 6.07) is 19.0. The van der Waals surface area contributed by atoms with Crippen molar-refractivity contribution < 1.29 is 14.7 Å². The summed E-state index contributed by atoms with van der Waals surface area (Å²) >= 11 is 1.54. The Morgan fingerprint density at radius 2 is 1.81 bits per heavy atom. The van der Waals surface area contributed by atoms with Gasteiger partial charge in [-0.1, -0.05) is 48.5 Å². The number of nitrogens with one attached hydrogen (secondary N) is 1. The van der Waals surface area contributed by atoms with Crippen LogP contribution in [0.5, 0.6) is 0 Å². The third-order valence-corrected chi connectivity index (χ3v) is 5.93. The molecule has 0 radical (unpaired) electrons. The molecule has 0 fully saturated rings. The van der Waals surface area contributed by atoms with Crippen LogP contribution in [0.15, 0.2) is 66.9 Å². The summed E-state index contributed by atoms with van der Waals surface area (Å²) in [5.74, 6) is -0.866. The fraction of sp³-hybridized carbons (Fsp3) is 0.208. The number of carbonyl (C=O) groups is 2. The highest BCUT2D eigenvalue weighted by Gasteiger charge is 2.22. The number of carboxylic acids is 1. The van der Waals surface area contributed by atoms with Crippen LogP contribution in [-0.2, 0) is 11.3 Å². The van der Waals surface area contributed by atoms with Crippen molar-refractivity contribution in [3.63, 3.8) is 0 Å². The zero-order valence-electron chi connectivity index (χ0n) is 17.1. The molecule has 0 aliphatic rings. The number of rotatable bonds is 8. The van der Waals surface area contributed by atoms with Gasteiger partial charge in [0.15, 0.2) is 0 Å². The Hall–Kier alpha value is -3.32. The van der Waals surface area contributed by atoms with Crippen molar-refractivity contribution in [3.8, 4) is 0 Å². The molecule has 2 aromatic carbocycles. The van der Waals surface area contributed by atoms with Crippen LogP contribution < -0.4 is 5.32 Å². The Balaban J connectivity index is 1.71. The van der Waals surface area contributed by atoms with Gasteiger partial charge >= 0.3 is 5.97 Å². The van der Waals surface area contributed by atoms with Crippen LogP contribution >= 0.6 is 11.8 Å². The van der Waals surface area contributed by atoms with Gasteiger partial charge in [0.05, 0.1) is 11.7 Å². The van der Waals surface area contributed by atoms with Gasteiger partial charge in [-0.2, -0.15) is 11.8 Å². The van der Waals surface area contributed by atoms with E-state index in [1.54, 1.807) is 24.0 Å². The monoisotopic (exact) mass is 433 g/mol. The molecule has 0 aliphatic heterocycles. The van der Waals surface area contributed by atoms with E-state index in [9.17, 15) is 14.7 Å². The second kappa shape index (κ2) is 9.22. The lowest BCUT2D eigenvalue weighted by molar-refractivity contribution is -0.139. The van der Waals surface area contributed by atoms with Crippen LogP contribution in [0.1, 0.15) is 22.5 Å². The third-order valence-electron chi connectivity index (χ3n) is 5.29. The number of para-hydroxylation sites is 1. The number of carboxylic acid groups (broad SMARTS) is 1. The fourth-order valence-electron chi connectivity index (χ4n) is 3.73. The lowest BCUT2D eigenvalue weighted by atomic mass is 10.1. The van der Waals surface area contributed by atoms with Gasteiger partial charge in [-0.15, -0.1) is 0 Å². The van der Waals surface area contributed by atoms with Crippen molar-refractivity contribution in [2.75, 3.05) is 12.0 Å². The number of hydrogen-bond donors (Lipinski definition) is 2. The molecule has 0 aliphatic carbocycles. The Labute approximate surface area is 184 Å². The highest BCUT2D eigenvalue weighted by Crippen LogP contribution is 2.29. The fourth-order valence-corrected chi connectivity index (χ4v) is 4.20. The number of fused-ring (bicyclic) bond motifs is 3. The Morgan fingerprint density at radius 1 is 1.06 bits per heavy atom. The predicted octanol–water partition coefficient (Wildman–Crippen LogP) is 4.17. The molecular formula is C24H23N3O3S. The minimum Gasteiger partial charge on any atom is -0.480 e. The molecule has 1 atom stereocenters. The van der Waals surface area contributed by atoms with Crippen LogP contribution in [-0.4, -0.2) is 44.6 Å². The Morgan fingerprint density at radius 3 is 2.55 bits per heavy atom. The number of benzene rings is 2. The summed E-state index contributed by atoms with van der Waals surface area (Å²) in [7, 11) is 0. The summed E-state index contributed by atoms with van der Waals surface area (Å²) in [5.41, 5.74) is 3.37. The van der Waals surface area contributed by atoms with Crippen molar-refractivity contribution in [2.24, 2.45) is 0 Å². The Bertz CT molecular complexity index is 1240. The SMILES string of the molecule is CSCC[C@H](NC(=O)c1cc2c3ccccc3n(Cc3ccccc3)c2cn1)C(=O)O. The number of hydrogen-bond acceptors (Lipinski definition) is 4. The second-order valence-electron chi connectivity index (χ2n) is 7.32. The first-order chi connectivity index (χ1) is 15.1. The quantitative estimate of drug-likeness (QED) is 0.436. The molecule has 0 bridgehead atoms. The lowest BCUT2D eigenvalue weighted by Gasteiger charge is -2.13. The third kappa shape index (κ3) is 4.41. The standard InChI is InChI=1S/C24H23N3O3S/c1-31-12-11-19(24(29)30)26-23(28)20-13-18-17-9-5-6-10-21(17)27(22(18)14-25-20)15-16-7-3-2-4-8-16/h2-10,13-14,19H,11-12,15H2,1H3,(H,26,28)(H,29,30)/t19-/m0/s1. The van der Waals surface area contributed by atoms with Gasteiger partial charge in [0.1, 0.15) is 11.7 Å². The van der Waals surface area contributed by atoms with E-state index in [0.717, 1.165) is 21.8 Å². The van der Waals surface area contributed by atoms with Gasteiger partial charge < -0.3 is 15.0 Å². The summed E-state index contributed by atoms with van der Waals surface area (Å²) < 4.78 is 2.19. The van der Waals surface area contributed by atoms with E-state index in [1.165, 1.54) is 5.56 Å². The highest BCUT2D eigenvalue weighted by molar-refractivity contribution is 7.98. The van der Waals surface area contributed by atoms with Gasteiger partial charge in [-0.25, -0.2) is 9.78 Å². The van der Waals surface area contributed by atoms with E-state index in [2.05, 4.69) is 33.1 Å². The first-order valence-corrected chi connectivity index (χ1v) is 11.4. The normalized spacial score (nSPS) is 12.2. The maximum absolute atomic E-state index is 12.7. The molecule has 1 amide bonds. The van der Waals surface area contributed by atoms with Crippen molar-refractivity contribution in [2.45, 2.75) is 19.0 Å². The Kier molecular flexibility index (Phi) is 6.23. The maximum atomic E-state index is 12.7. The molecule has 0 saturated heterocycles. The number of thioether (sulfide) groups is 1. The summed E-state index contributed by atoms with van der Waals surface area (Å²) in [5, 5.41) is 14.0. The molecule has 2 N–H and O–H groups in total. The van der Waals surface area contributed by atoms with Gasteiger partial charge in [-0.3, -0.25) is 4.79 Å². The highest BCUT2D eigenvalue weighted by atomic mass is 32.2. The first kappa shape index (κ1) is 20.9. The maximum Gasteiger partial charge on any atom is 0.326 e. The number of carbonyl (C=O) groups excluding carboxylic acids is 1. The van der Waals surface area contributed by atoms with E-state index < -0.39 is 17.9 Å². The van der Waals surface area contributed by atoms with Gasteiger partial charge in [0.25, 0.3) is 5.91 Å². The molecule has 4 aromatic rings. The molecule has 0 spiro atoms. The number of aliphatic carboxylic acids is 1. The second-order valence-corrected chi connectivity index (χ2v) is 8.31. The van der Waals surface area contributed by atoms with Crippen molar-refractivity contribution >= 4 is 45.4 Å². The number of aromatic nitrogens is 2. The lowest BCUT2D eigenvalue weighted by Crippen LogP contribution is -2.41. The number of amides is 1. The summed E-state index contributed by atoms with van der Waals surface area (Å²) in [4.78, 5) is 28.6. The molecule has 158 valence electrons. The number of nitrogens with zero attached hydrogens (tertiary/aromatic N) is 2. The average Bonchev–Trinajstić information content (AvgIpc) is 3.10. The zero-order chi connectivity index (χ0) is 21.8. The number of pyridine rings is 1. The molecular weight excluding hydrogens is 410 g/mol.